The molecule has 3 aliphatic rings. The van der Waals surface area contributed by atoms with E-state index >= 15 is 0 Å². The van der Waals surface area contributed by atoms with Crippen molar-refractivity contribution < 1.29 is 0 Å². The summed E-state index contributed by atoms with van der Waals surface area (Å²) < 4.78 is 0. The van der Waals surface area contributed by atoms with Gasteiger partial charge >= 0.3 is 0 Å². The summed E-state index contributed by atoms with van der Waals surface area (Å²) in [6.07, 6.45) is 2.71. The minimum atomic E-state index is 0.216. The maximum atomic E-state index is 9.43. The van der Waals surface area contributed by atoms with Gasteiger partial charge < -0.3 is 0 Å². The van der Waals surface area contributed by atoms with Crippen molar-refractivity contribution in [3.05, 3.63) is 177 Å². The fraction of sp³-hybridized carbons (Fsp3) is 0.116. The van der Waals surface area contributed by atoms with Gasteiger partial charge in [0.25, 0.3) is 0 Å². The van der Waals surface area contributed by atoms with Crippen LogP contribution in [0.1, 0.15) is 67.5 Å². The van der Waals surface area contributed by atoms with Crippen LogP contribution in [0, 0.1) is 22.7 Å². The molecule has 0 heterocycles. The molecule has 210 valence electrons. The molecular formula is C43H28N2. The topological polar surface area (TPSA) is 47.6 Å². The zero-order chi connectivity index (χ0) is 30.1. The van der Waals surface area contributed by atoms with Crippen LogP contribution in [0.4, 0.5) is 0 Å². The molecule has 6 aromatic carbocycles. The van der Waals surface area contributed by atoms with Gasteiger partial charge in [-0.2, -0.15) is 10.5 Å². The molecule has 9 rings (SSSR count). The fourth-order valence-electron chi connectivity index (χ4n) is 8.43. The monoisotopic (exact) mass is 572 g/mol. The van der Waals surface area contributed by atoms with E-state index in [9.17, 15) is 10.5 Å². The Hall–Kier alpha value is -5.70. The van der Waals surface area contributed by atoms with Crippen molar-refractivity contribution in [3.63, 3.8) is 0 Å². The highest BCUT2D eigenvalue weighted by atomic mass is 14.5. The van der Waals surface area contributed by atoms with Gasteiger partial charge in [-0.15, -0.1) is 0 Å². The van der Waals surface area contributed by atoms with Gasteiger partial charge in [0, 0.05) is 11.8 Å². The average molecular weight is 573 g/mol. The second-order valence-corrected chi connectivity index (χ2v) is 12.6. The summed E-state index contributed by atoms with van der Waals surface area (Å²) in [6.45, 7) is 0. The third-order valence-corrected chi connectivity index (χ3v) is 10.3. The van der Waals surface area contributed by atoms with Crippen molar-refractivity contribution in [3.8, 4) is 45.5 Å². The van der Waals surface area contributed by atoms with E-state index in [-0.39, 0.29) is 11.8 Å². The largest absolute Gasteiger partial charge is 0.192 e. The molecule has 0 spiro atoms. The Morgan fingerprint density at radius 1 is 0.489 bits per heavy atom. The summed E-state index contributed by atoms with van der Waals surface area (Å²) in [5, 5.41) is 18.9. The number of benzene rings is 6. The highest BCUT2D eigenvalue weighted by Gasteiger charge is 2.43. The van der Waals surface area contributed by atoms with Crippen molar-refractivity contribution in [2.75, 3.05) is 0 Å². The van der Waals surface area contributed by atoms with Crippen LogP contribution in [-0.2, 0) is 19.3 Å². The first-order chi connectivity index (χ1) is 22.2. The summed E-state index contributed by atoms with van der Waals surface area (Å²) in [7, 11) is 0. The van der Waals surface area contributed by atoms with E-state index < -0.39 is 0 Å². The van der Waals surface area contributed by atoms with Crippen LogP contribution in [0.3, 0.4) is 0 Å². The van der Waals surface area contributed by atoms with Gasteiger partial charge in [-0.25, -0.2) is 0 Å². The number of hydrogen-bond donors (Lipinski definition) is 0. The molecule has 0 aliphatic heterocycles. The molecule has 0 N–H and O–H groups in total. The zero-order valence-electron chi connectivity index (χ0n) is 24.7. The molecule has 2 atom stereocenters. The first-order valence-electron chi connectivity index (χ1n) is 15.7. The Balaban J connectivity index is 1.33. The first-order valence-corrected chi connectivity index (χ1v) is 15.7. The Morgan fingerprint density at radius 3 is 1.47 bits per heavy atom. The molecule has 3 aliphatic carbocycles. The van der Waals surface area contributed by atoms with Gasteiger partial charge in [0.05, 0.1) is 23.3 Å². The van der Waals surface area contributed by atoms with Crippen LogP contribution in [0.15, 0.2) is 121 Å². The number of hydrogen-bond acceptors (Lipinski definition) is 2. The van der Waals surface area contributed by atoms with Crippen LogP contribution >= 0.6 is 0 Å². The lowest BCUT2D eigenvalue weighted by atomic mass is 9.79. The Morgan fingerprint density at radius 2 is 0.933 bits per heavy atom. The molecule has 0 aromatic heterocycles. The fourth-order valence-corrected chi connectivity index (χ4v) is 8.43. The van der Waals surface area contributed by atoms with Gasteiger partial charge in [-0.1, -0.05) is 97.1 Å². The van der Waals surface area contributed by atoms with Gasteiger partial charge in [-0.05, 0) is 121 Å². The number of nitrogens with zero attached hydrogens (tertiary/aromatic N) is 2. The van der Waals surface area contributed by atoms with E-state index in [1.165, 1.54) is 77.9 Å². The van der Waals surface area contributed by atoms with E-state index in [0.29, 0.717) is 11.1 Å². The number of fused-ring (bicyclic) bond motifs is 12. The lowest BCUT2D eigenvalue weighted by molar-refractivity contribution is 0.814. The molecule has 0 saturated carbocycles. The third kappa shape index (κ3) is 3.80. The lowest BCUT2D eigenvalue weighted by Gasteiger charge is -2.23. The standard InChI is InChI=1S/C43H28N2/c44-24-28-17-13-26(14-18-28)21-36-32-9-3-5-11-34(32)40-38-23-30-7-1-2-8-31(30)39(38)42-37(22-27-15-19-29(25-45)20-16-27)33-10-4-6-12-35(33)41(42)43(36)40/h1-20,36-37H,21-23H2/t36-,37+/m1/s1. The van der Waals surface area contributed by atoms with Crippen molar-refractivity contribution in [2.45, 2.75) is 31.1 Å². The Bertz CT molecular complexity index is 2180. The molecule has 6 aromatic rings. The molecule has 2 nitrogen and oxygen atoms in total. The SMILES string of the molecule is N#Cc1ccc(C[C@@H]2c3ccccc3-c3c4c(c5c(c32)-c2ccccc2[C@@H]5Cc2ccc(C#N)cc2)-c2ccccc2C4)cc1. The van der Waals surface area contributed by atoms with Gasteiger partial charge in [-0.3, -0.25) is 0 Å². The van der Waals surface area contributed by atoms with E-state index in [1.54, 1.807) is 0 Å². The van der Waals surface area contributed by atoms with Crippen molar-refractivity contribution in [1.82, 2.24) is 0 Å². The van der Waals surface area contributed by atoms with Gasteiger partial charge in [0.15, 0.2) is 0 Å². The van der Waals surface area contributed by atoms with Crippen LogP contribution in [0.2, 0.25) is 0 Å². The predicted octanol–water partition coefficient (Wildman–Crippen LogP) is 9.71. The minimum absolute atomic E-state index is 0.216. The van der Waals surface area contributed by atoms with E-state index in [2.05, 4.69) is 109 Å². The second-order valence-electron chi connectivity index (χ2n) is 12.6. The number of rotatable bonds is 4. The van der Waals surface area contributed by atoms with Crippen LogP contribution in [0.25, 0.3) is 33.4 Å². The van der Waals surface area contributed by atoms with Crippen molar-refractivity contribution in [1.29, 1.82) is 10.5 Å². The third-order valence-electron chi connectivity index (χ3n) is 10.3. The Labute approximate surface area is 263 Å². The maximum Gasteiger partial charge on any atom is 0.0991 e. The smallest absolute Gasteiger partial charge is 0.0991 e. The van der Waals surface area contributed by atoms with E-state index in [1.807, 2.05) is 24.3 Å². The van der Waals surface area contributed by atoms with Crippen LogP contribution < -0.4 is 0 Å². The number of nitriles is 2. The first kappa shape index (κ1) is 25.8. The molecule has 0 amide bonds. The molecule has 0 bridgehead atoms. The van der Waals surface area contributed by atoms with Crippen LogP contribution in [0.5, 0.6) is 0 Å². The molecule has 2 heteroatoms. The summed E-state index contributed by atoms with van der Waals surface area (Å²) >= 11 is 0. The molecule has 45 heavy (non-hydrogen) atoms. The lowest BCUT2D eigenvalue weighted by Crippen LogP contribution is -2.07. The van der Waals surface area contributed by atoms with Crippen molar-refractivity contribution >= 4 is 0 Å². The predicted molar refractivity (Wildman–Crippen MR) is 179 cm³/mol. The minimum Gasteiger partial charge on any atom is -0.192 e. The van der Waals surface area contributed by atoms with Gasteiger partial charge in [0.2, 0.25) is 0 Å². The molecule has 0 saturated heterocycles. The highest BCUT2D eigenvalue weighted by Crippen LogP contribution is 2.62. The molecule has 0 fully saturated rings. The molecule has 0 unspecified atom stereocenters. The van der Waals surface area contributed by atoms with Crippen molar-refractivity contribution in [2.24, 2.45) is 0 Å². The molecular weight excluding hydrogens is 544 g/mol. The normalized spacial score (nSPS) is 16.0. The van der Waals surface area contributed by atoms with Crippen LogP contribution in [-0.4, -0.2) is 0 Å². The quantitative estimate of drug-likeness (QED) is 0.211. The molecule has 0 radical (unpaired) electrons. The summed E-state index contributed by atoms with van der Waals surface area (Å²) in [6, 6.07) is 47.9. The zero-order valence-corrected chi connectivity index (χ0v) is 24.7. The summed E-state index contributed by atoms with van der Waals surface area (Å²) in [5.41, 5.74) is 20.9. The highest BCUT2D eigenvalue weighted by molar-refractivity contribution is 6.02. The second kappa shape index (κ2) is 9.92. The van der Waals surface area contributed by atoms with E-state index in [4.69, 9.17) is 0 Å². The van der Waals surface area contributed by atoms with E-state index in [0.717, 1.165) is 19.3 Å². The maximum absolute atomic E-state index is 9.43. The Kier molecular flexibility index (Phi) is 5.68. The summed E-state index contributed by atoms with van der Waals surface area (Å²) in [4.78, 5) is 0. The van der Waals surface area contributed by atoms with Gasteiger partial charge in [0.1, 0.15) is 0 Å². The average Bonchev–Trinajstić information content (AvgIpc) is 3.74. The summed E-state index contributed by atoms with van der Waals surface area (Å²) in [5.74, 6) is 0.433.